The van der Waals surface area contributed by atoms with E-state index in [0.29, 0.717) is 12.6 Å². The van der Waals surface area contributed by atoms with Gasteiger partial charge in [0.2, 0.25) is 0 Å². The third kappa shape index (κ3) is 2.65. The first-order valence-corrected chi connectivity index (χ1v) is 4.49. The molecule has 3 N–H and O–H groups in total. The van der Waals surface area contributed by atoms with E-state index in [1.807, 2.05) is 31.2 Å². The molecular weight excluding hydrogens is 178 g/mol. The minimum atomic E-state index is 0.372. The van der Waals surface area contributed by atoms with Gasteiger partial charge in [-0.15, -0.1) is 0 Å². The molecule has 1 rings (SSSR count). The van der Waals surface area contributed by atoms with Crippen LogP contribution in [0.4, 0.5) is 5.69 Å². The van der Waals surface area contributed by atoms with E-state index in [9.17, 15) is 0 Å². The quantitative estimate of drug-likeness (QED) is 0.564. The van der Waals surface area contributed by atoms with E-state index in [0.717, 1.165) is 11.4 Å². The minimum absolute atomic E-state index is 0.372. The van der Waals surface area contributed by atoms with Crippen molar-refractivity contribution in [3.8, 4) is 5.75 Å². The van der Waals surface area contributed by atoms with Crippen molar-refractivity contribution in [2.45, 2.75) is 6.92 Å². The molecule has 0 heterocycles. The number of aliphatic imine (C=N–C) groups is 1. The van der Waals surface area contributed by atoms with Crippen LogP contribution >= 0.6 is 0 Å². The van der Waals surface area contributed by atoms with Gasteiger partial charge in [0, 0.05) is 7.05 Å². The summed E-state index contributed by atoms with van der Waals surface area (Å²) in [6.07, 6.45) is 0. The molecule has 0 amide bonds. The summed E-state index contributed by atoms with van der Waals surface area (Å²) in [7, 11) is 1.63. The summed E-state index contributed by atoms with van der Waals surface area (Å²) >= 11 is 0. The van der Waals surface area contributed by atoms with Gasteiger partial charge < -0.3 is 15.8 Å². The lowest BCUT2D eigenvalue weighted by atomic mass is 10.3. The summed E-state index contributed by atoms with van der Waals surface area (Å²) in [5.74, 6) is 1.15. The van der Waals surface area contributed by atoms with Gasteiger partial charge in [-0.2, -0.15) is 0 Å². The number of guanidine groups is 1. The van der Waals surface area contributed by atoms with E-state index >= 15 is 0 Å². The lowest BCUT2D eigenvalue weighted by Gasteiger charge is -2.10. The van der Waals surface area contributed by atoms with Crippen LogP contribution in [0.2, 0.25) is 0 Å². The first-order valence-electron chi connectivity index (χ1n) is 4.49. The van der Waals surface area contributed by atoms with Crippen molar-refractivity contribution in [2.75, 3.05) is 19.0 Å². The topological polar surface area (TPSA) is 59.6 Å². The fourth-order valence-corrected chi connectivity index (χ4v) is 1.05. The maximum Gasteiger partial charge on any atom is 0.192 e. The molecule has 0 unspecified atom stereocenters. The average Bonchev–Trinajstić information content (AvgIpc) is 2.21. The van der Waals surface area contributed by atoms with Gasteiger partial charge in [0.05, 0.1) is 12.3 Å². The van der Waals surface area contributed by atoms with Crippen molar-refractivity contribution in [3.05, 3.63) is 24.3 Å². The molecule has 14 heavy (non-hydrogen) atoms. The molecule has 0 aliphatic heterocycles. The SMILES string of the molecule is CCOc1ccccc1NC(N)=NC. The van der Waals surface area contributed by atoms with E-state index in [1.165, 1.54) is 0 Å². The molecule has 1 aromatic carbocycles. The zero-order valence-electron chi connectivity index (χ0n) is 8.45. The monoisotopic (exact) mass is 193 g/mol. The molecule has 0 spiro atoms. The molecule has 0 saturated carbocycles. The van der Waals surface area contributed by atoms with Gasteiger partial charge in [-0.05, 0) is 19.1 Å². The number of rotatable bonds is 3. The Morgan fingerprint density at radius 2 is 2.21 bits per heavy atom. The van der Waals surface area contributed by atoms with Crippen LogP contribution in [0, 0.1) is 0 Å². The Hall–Kier alpha value is -1.71. The lowest BCUT2D eigenvalue weighted by molar-refractivity contribution is 0.342. The summed E-state index contributed by atoms with van der Waals surface area (Å²) in [6.45, 7) is 2.57. The van der Waals surface area contributed by atoms with Crippen LogP contribution in [0.5, 0.6) is 5.75 Å². The Balaban J connectivity index is 2.84. The fraction of sp³-hybridized carbons (Fsp3) is 0.300. The van der Waals surface area contributed by atoms with Crippen LogP contribution < -0.4 is 15.8 Å². The second kappa shape index (κ2) is 5.11. The second-order valence-electron chi connectivity index (χ2n) is 2.66. The van der Waals surface area contributed by atoms with Crippen molar-refractivity contribution in [3.63, 3.8) is 0 Å². The number of anilines is 1. The molecule has 0 atom stereocenters. The van der Waals surface area contributed by atoms with Crippen LogP contribution in [0.25, 0.3) is 0 Å². The van der Waals surface area contributed by atoms with E-state index in [-0.39, 0.29) is 0 Å². The number of para-hydroxylation sites is 2. The number of hydrogen-bond acceptors (Lipinski definition) is 2. The van der Waals surface area contributed by atoms with Crippen molar-refractivity contribution in [2.24, 2.45) is 10.7 Å². The van der Waals surface area contributed by atoms with E-state index in [1.54, 1.807) is 7.05 Å². The van der Waals surface area contributed by atoms with E-state index < -0.39 is 0 Å². The molecule has 0 aliphatic carbocycles. The van der Waals surface area contributed by atoms with Crippen LogP contribution in [-0.4, -0.2) is 19.6 Å². The first kappa shape index (κ1) is 10.4. The molecule has 0 bridgehead atoms. The van der Waals surface area contributed by atoms with E-state index in [2.05, 4.69) is 10.3 Å². The molecule has 0 aliphatic rings. The van der Waals surface area contributed by atoms with Crippen LogP contribution in [0.1, 0.15) is 6.92 Å². The Morgan fingerprint density at radius 1 is 1.50 bits per heavy atom. The standard InChI is InChI=1S/C10H15N3O/c1-3-14-9-7-5-4-6-8(9)13-10(11)12-2/h4-7H,3H2,1-2H3,(H3,11,12,13). The molecule has 4 nitrogen and oxygen atoms in total. The summed E-state index contributed by atoms with van der Waals surface area (Å²) < 4.78 is 5.41. The van der Waals surface area contributed by atoms with Gasteiger partial charge in [-0.25, -0.2) is 0 Å². The highest BCUT2D eigenvalue weighted by Crippen LogP contribution is 2.23. The third-order valence-electron chi connectivity index (χ3n) is 1.69. The normalized spacial score (nSPS) is 11.1. The predicted molar refractivity (Wildman–Crippen MR) is 58.8 cm³/mol. The Kier molecular flexibility index (Phi) is 3.79. The highest BCUT2D eigenvalue weighted by atomic mass is 16.5. The van der Waals surface area contributed by atoms with E-state index in [4.69, 9.17) is 10.5 Å². The molecule has 0 radical (unpaired) electrons. The number of hydrogen-bond donors (Lipinski definition) is 2. The lowest BCUT2D eigenvalue weighted by Crippen LogP contribution is -2.22. The Bertz CT molecular complexity index is 323. The number of ether oxygens (including phenoxy) is 1. The van der Waals surface area contributed by atoms with Gasteiger partial charge in [-0.1, -0.05) is 12.1 Å². The Labute approximate surface area is 83.8 Å². The van der Waals surface area contributed by atoms with Gasteiger partial charge in [0.15, 0.2) is 5.96 Å². The summed E-state index contributed by atoms with van der Waals surface area (Å²) in [5, 5.41) is 2.95. The summed E-state index contributed by atoms with van der Waals surface area (Å²) in [5.41, 5.74) is 6.38. The smallest absolute Gasteiger partial charge is 0.192 e. The molecular formula is C10H15N3O. The highest BCUT2D eigenvalue weighted by Gasteiger charge is 2.01. The van der Waals surface area contributed by atoms with Crippen molar-refractivity contribution < 1.29 is 4.74 Å². The van der Waals surface area contributed by atoms with Crippen LogP contribution in [0.15, 0.2) is 29.3 Å². The van der Waals surface area contributed by atoms with Crippen molar-refractivity contribution in [1.29, 1.82) is 0 Å². The Morgan fingerprint density at radius 3 is 2.86 bits per heavy atom. The average molecular weight is 193 g/mol. The molecule has 0 fully saturated rings. The number of nitrogens with two attached hydrogens (primary N) is 1. The van der Waals surface area contributed by atoms with Crippen molar-refractivity contribution >= 4 is 11.6 Å². The summed E-state index contributed by atoms with van der Waals surface area (Å²) in [4.78, 5) is 3.81. The number of nitrogens with zero attached hydrogens (tertiary/aromatic N) is 1. The van der Waals surface area contributed by atoms with Crippen molar-refractivity contribution in [1.82, 2.24) is 0 Å². The molecule has 76 valence electrons. The molecule has 1 aromatic rings. The molecule has 0 aromatic heterocycles. The maximum atomic E-state index is 5.55. The zero-order chi connectivity index (χ0) is 10.4. The maximum absolute atomic E-state index is 5.55. The molecule has 0 saturated heterocycles. The summed E-state index contributed by atoms with van der Waals surface area (Å²) in [6, 6.07) is 7.60. The van der Waals surface area contributed by atoms with Gasteiger partial charge in [0.1, 0.15) is 5.75 Å². The fourth-order valence-electron chi connectivity index (χ4n) is 1.05. The predicted octanol–water partition coefficient (Wildman–Crippen LogP) is 1.44. The highest BCUT2D eigenvalue weighted by molar-refractivity contribution is 5.93. The van der Waals surface area contributed by atoms with Crippen LogP contribution in [0.3, 0.4) is 0 Å². The first-order chi connectivity index (χ1) is 6.77. The number of nitrogens with one attached hydrogen (secondary N) is 1. The third-order valence-corrected chi connectivity index (χ3v) is 1.69. The largest absolute Gasteiger partial charge is 0.492 e. The van der Waals surface area contributed by atoms with Gasteiger partial charge >= 0.3 is 0 Å². The number of benzene rings is 1. The van der Waals surface area contributed by atoms with Gasteiger partial charge in [0.25, 0.3) is 0 Å². The minimum Gasteiger partial charge on any atom is -0.492 e. The van der Waals surface area contributed by atoms with Gasteiger partial charge in [-0.3, -0.25) is 4.99 Å². The second-order valence-corrected chi connectivity index (χ2v) is 2.66. The molecule has 4 heteroatoms. The zero-order valence-corrected chi connectivity index (χ0v) is 8.45. The van der Waals surface area contributed by atoms with Crippen LogP contribution in [-0.2, 0) is 0 Å².